The Morgan fingerprint density at radius 1 is 1.39 bits per heavy atom. The summed E-state index contributed by atoms with van der Waals surface area (Å²) in [5, 5.41) is 3.27. The van der Waals surface area contributed by atoms with Crippen molar-refractivity contribution in [2.24, 2.45) is 5.92 Å². The molecule has 6 nitrogen and oxygen atoms in total. The Bertz CT molecular complexity index is 371. The van der Waals surface area contributed by atoms with Crippen molar-refractivity contribution in [1.82, 2.24) is 9.97 Å². The Labute approximate surface area is 108 Å². The van der Waals surface area contributed by atoms with E-state index in [1.807, 2.05) is 6.92 Å². The van der Waals surface area contributed by atoms with Gasteiger partial charge in [0.25, 0.3) is 0 Å². The summed E-state index contributed by atoms with van der Waals surface area (Å²) < 4.78 is 10.5. The van der Waals surface area contributed by atoms with E-state index in [-0.39, 0.29) is 6.04 Å². The average Bonchev–Trinajstić information content (AvgIpc) is 2.33. The smallest absolute Gasteiger partial charge is 0.242 e. The van der Waals surface area contributed by atoms with Gasteiger partial charge in [-0.3, -0.25) is 0 Å². The topological polar surface area (TPSA) is 82.3 Å². The van der Waals surface area contributed by atoms with Gasteiger partial charge in [-0.2, -0.15) is 4.98 Å². The first-order chi connectivity index (χ1) is 8.60. The predicted octanol–water partition coefficient (Wildman–Crippen LogP) is 1.54. The van der Waals surface area contributed by atoms with Crippen molar-refractivity contribution in [1.29, 1.82) is 0 Å². The van der Waals surface area contributed by atoms with E-state index in [4.69, 9.17) is 15.2 Å². The van der Waals surface area contributed by atoms with Gasteiger partial charge in [0.1, 0.15) is 12.0 Å². The third-order valence-corrected chi connectivity index (χ3v) is 2.60. The van der Waals surface area contributed by atoms with Crippen molar-refractivity contribution in [3.8, 4) is 5.88 Å². The Kier molecular flexibility index (Phi) is 5.64. The molecule has 1 unspecified atom stereocenters. The van der Waals surface area contributed by atoms with Crippen molar-refractivity contribution < 1.29 is 9.47 Å². The molecule has 102 valence electrons. The molecule has 1 rings (SSSR count). The molecule has 0 aliphatic heterocycles. The van der Waals surface area contributed by atoms with Crippen LogP contribution in [0.25, 0.3) is 0 Å². The molecule has 0 spiro atoms. The van der Waals surface area contributed by atoms with E-state index in [1.165, 1.54) is 6.33 Å². The van der Waals surface area contributed by atoms with Crippen LogP contribution in [-0.2, 0) is 4.74 Å². The summed E-state index contributed by atoms with van der Waals surface area (Å²) in [6.45, 7) is 7.21. The van der Waals surface area contributed by atoms with Gasteiger partial charge in [-0.25, -0.2) is 4.98 Å². The van der Waals surface area contributed by atoms with Crippen LogP contribution >= 0.6 is 0 Å². The van der Waals surface area contributed by atoms with E-state index in [2.05, 4.69) is 29.1 Å². The molecule has 1 aromatic heterocycles. The van der Waals surface area contributed by atoms with Gasteiger partial charge in [0.05, 0.1) is 19.3 Å². The fourth-order valence-corrected chi connectivity index (χ4v) is 1.50. The molecule has 0 saturated heterocycles. The number of anilines is 2. The van der Waals surface area contributed by atoms with Gasteiger partial charge in [-0.1, -0.05) is 13.8 Å². The van der Waals surface area contributed by atoms with Crippen molar-refractivity contribution in [3.63, 3.8) is 0 Å². The molecule has 0 bridgehead atoms. The highest BCUT2D eigenvalue weighted by Gasteiger charge is 2.16. The Morgan fingerprint density at radius 2 is 2.11 bits per heavy atom. The molecular weight excluding hydrogens is 232 g/mol. The lowest BCUT2D eigenvalue weighted by atomic mass is 10.1. The van der Waals surface area contributed by atoms with Crippen LogP contribution in [0.5, 0.6) is 5.88 Å². The molecule has 18 heavy (non-hydrogen) atoms. The molecule has 0 radical (unpaired) electrons. The number of nitrogens with one attached hydrogen (secondary N) is 1. The largest absolute Gasteiger partial charge is 0.476 e. The number of nitrogens with zero attached hydrogens (tertiary/aromatic N) is 2. The van der Waals surface area contributed by atoms with Gasteiger partial charge in [0.15, 0.2) is 5.82 Å². The van der Waals surface area contributed by atoms with Crippen LogP contribution in [-0.4, -0.2) is 36.3 Å². The number of ether oxygens (including phenoxy) is 2. The predicted molar refractivity (Wildman–Crippen MR) is 71.7 cm³/mol. The number of hydrogen-bond donors (Lipinski definition) is 2. The summed E-state index contributed by atoms with van der Waals surface area (Å²) in [5.74, 6) is 1.40. The number of nitrogens with two attached hydrogens (primary N) is 1. The van der Waals surface area contributed by atoms with Crippen molar-refractivity contribution in [2.45, 2.75) is 26.8 Å². The van der Waals surface area contributed by atoms with Gasteiger partial charge in [0, 0.05) is 7.11 Å². The fourth-order valence-electron chi connectivity index (χ4n) is 1.50. The van der Waals surface area contributed by atoms with E-state index in [9.17, 15) is 0 Å². The summed E-state index contributed by atoms with van der Waals surface area (Å²) in [7, 11) is 1.67. The molecular formula is C12H22N4O2. The third-order valence-electron chi connectivity index (χ3n) is 2.60. The van der Waals surface area contributed by atoms with Crippen molar-refractivity contribution >= 4 is 11.5 Å². The molecule has 0 amide bonds. The average molecular weight is 254 g/mol. The first-order valence-corrected chi connectivity index (χ1v) is 6.08. The third kappa shape index (κ3) is 3.73. The number of hydrogen-bond acceptors (Lipinski definition) is 6. The monoisotopic (exact) mass is 254 g/mol. The summed E-state index contributed by atoms with van der Waals surface area (Å²) >= 11 is 0. The Morgan fingerprint density at radius 3 is 2.67 bits per heavy atom. The minimum absolute atomic E-state index is 0.140. The van der Waals surface area contributed by atoms with Crippen molar-refractivity contribution in [2.75, 3.05) is 31.4 Å². The van der Waals surface area contributed by atoms with Gasteiger partial charge in [-0.05, 0) is 12.8 Å². The molecule has 0 aliphatic rings. The SMILES string of the molecule is CCOc1ncnc(NC(COC)C(C)C)c1N. The van der Waals surface area contributed by atoms with E-state index in [0.717, 1.165) is 0 Å². The van der Waals surface area contributed by atoms with E-state index < -0.39 is 0 Å². The number of methoxy groups -OCH3 is 1. The Hall–Kier alpha value is -1.56. The van der Waals surface area contributed by atoms with E-state index >= 15 is 0 Å². The van der Waals surface area contributed by atoms with Crippen LogP contribution in [0.4, 0.5) is 11.5 Å². The second-order valence-corrected chi connectivity index (χ2v) is 4.32. The van der Waals surface area contributed by atoms with Gasteiger partial charge in [0.2, 0.25) is 5.88 Å². The maximum absolute atomic E-state index is 5.96. The van der Waals surface area contributed by atoms with E-state index in [1.54, 1.807) is 7.11 Å². The zero-order valence-corrected chi connectivity index (χ0v) is 11.4. The van der Waals surface area contributed by atoms with Gasteiger partial charge >= 0.3 is 0 Å². The molecule has 3 N–H and O–H groups in total. The zero-order chi connectivity index (χ0) is 13.5. The lowest BCUT2D eigenvalue weighted by Gasteiger charge is -2.23. The molecule has 0 aliphatic carbocycles. The van der Waals surface area contributed by atoms with Crippen LogP contribution in [0.2, 0.25) is 0 Å². The first-order valence-electron chi connectivity index (χ1n) is 6.08. The van der Waals surface area contributed by atoms with Crippen LogP contribution in [0.15, 0.2) is 6.33 Å². The standard InChI is InChI=1S/C12H22N4O2/c1-5-18-12-10(13)11(14-7-15-12)16-9(6-17-4)8(2)3/h7-9H,5-6,13H2,1-4H3,(H,14,15,16). The summed E-state index contributed by atoms with van der Waals surface area (Å²) in [5.41, 5.74) is 6.39. The minimum Gasteiger partial charge on any atom is -0.476 e. The first kappa shape index (κ1) is 14.5. The quantitative estimate of drug-likeness (QED) is 0.768. The van der Waals surface area contributed by atoms with Crippen LogP contribution in [0.1, 0.15) is 20.8 Å². The molecule has 6 heteroatoms. The van der Waals surface area contributed by atoms with Gasteiger partial charge in [-0.15, -0.1) is 0 Å². The van der Waals surface area contributed by atoms with Crippen LogP contribution in [0.3, 0.4) is 0 Å². The molecule has 1 heterocycles. The lowest BCUT2D eigenvalue weighted by Crippen LogP contribution is -2.31. The maximum Gasteiger partial charge on any atom is 0.242 e. The number of aromatic nitrogens is 2. The van der Waals surface area contributed by atoms with Gasteiger partial charge < -0.3 is 20.5 Å². The number of nitrogen functional groups attached to an aromatic ring is 1. The van der Waals surface area contributed by atoms with Crippen molar-refractivity contribution in [3.05, 3.63) is 6.33 Å². The molecule has 1 aromatic rings. The second-order valence-electron chi connectivity index (χ2n) is 4.32. The molecule has 1 atom stereocenters. The summed E-state index contributed by atoms with van der Waals surface area (Å²) in [4.78, 5) is 8.14. The number of rotatable bonds is 7. The summed E-state index contributed by atoms with van der Waals surface area (Å²) in [6, 6.07) is 0.140. The van der Waals surface area contributed by atoms with E-state index in [0.29, 0.717) is 36.5 Å². The Balaban J connectivity index is 2.85. The van der Waals surface area contributed by atoms with Crippen LogP contribution < -0.4 is 15.8 Å². The normalized spacial score (nSPS) is 12.5. The molecule has 0 saturated carbocycles. The molecule has 0 fully saturated rings. The highest BCUT2D eigenvalue weighted by molar-refractivity contribution is 5.66. The second kappa shape index (κ2) is 7.00. The minimum atomic E-state index is 0.140. The van der Waals surface area contributed by atoms with Crippen LogP contribution in [0, 0.1) is 5.92 Å². The highest BCUT2D eigenvalue weighted by Crippen LogP contribution is 2.25. The zero-order valence-electron chi connectivity index (χ0n) is 11.4. The fraction of sp³-hybridized carbons (Fsp3) is 0.667. The summed E-state index contributed by atoms with van der Waals surface area (Å²) in [6.07, 6.45) is 1.44. The highest BCUT2D eigenvalue weighted by atomic mass is 16.5. The lowest BCUT2D eigenvalue weighted by molar-refractivity contribution is 0.171. The maximum atomic E-state index is 5.96. The molecule has 0 aromatic carbocycles.